The molecule has 0 aliphatic rings. The van der Waals surface area contributed by atoms with E-state index in [4.69, 9.17) is 5.11 Å². The van der Waals surface area contributed by atoms with E-state index in [0.717, 1.165) is 6.92 Å². The maximum absolute atomic E-state index is 12.8. The maximum atomic E-state index is 12.8. The van der Waals surface area contributed by atoms with Crippen LogP contribution in [0, 0.1) is 0 Å². The number of hydrogen-bond donors (Lipinski definition) is 1. The molecular weight excluding hydrogens is 267 g/mol. The van der Waals surface area contributed by atoms with E-state index in [1.54, 1.807) is 0 Å². The van der Waals surface area contributed by atoms with Gasteiger partial charge in [0.1, 0.15) is 0 Å². The number of carboxylic acids is 1. The van der Waals surface area contributed by atoms with Gasteiger partial charge in [-0.15, -0.1) is 0 Å². The standard InChI is InChI=1S/C9H9F5O4/c1-3-8(2,9(12,13)14)18-7(17)5(11)4(10)6(15)16/h3H2,1-2H3,(H,15,16). The minimum atomic E-state index is -5.00. The smallest absolute Gasteiger partial charge is 0.428 e. The fourth-order valence-electron chi connectivity index (χ4n) is 0.763. The number of aliphatic carboxylic acids is 1. The van der Waals surface area contributed by atoms with Crippen LogP contribution in [0.15, 0.2) is 11.7 Å². The van der Waals surface area contributed by atoms with Crippen molar-refractivity contribution < 1.29 is 41.4 Å². The largest absolute Gasteiger partial charge is 0.476 e. The van der Waals surface area contributed by atoms with Crippen molar-refractivity contribution in [2.75, 3.05) is 0 Å². The number of rotatable bonds is 4. The first-order chi connectivity index (χ1) is 7.96. The third-order valence-corrected chi connectivity index (χ3v) is 2.15. The van der Waals surface area contributed by atoms with Gasteiger partial charge in [0.05, 0.1) is 0 Å². The molecule has 0 spiro atoms. The molecule has 0 amide bonds. The van der Waals surface area contributed by atoms with Gasteiger partial charge in [0.15, 0.2) is 0 Å². The van der Waals surface area contributed by atoms with E-state index in [0.29, 0.717) is 6.92 Å². The van der Waals surface area contributed by atoms with Crippen molar-refractivity contribution in [3.8, 4) is 0 Å². The zero-order valence-electron chi connectivity index (χ0n) is 9.27. The molecule has 1 atom stereocenters. The zero-order chi connectivity index (χ0) is 14.7. The third kappa shape index (κ3) is 3.41. The van der Waals surface area contributed by atoms with Gasteiger partial charge in [-0.3, -0.25) is 0 Å². The van der Waals surface area contributed by atoms with Crippen molar-refractivity contribution in [3.05, 3.63) is 11.7 Å². The topological polar surface area (TPSA) is 63.6 Å². The van der Waals surface area contributed by atoms with Crippen LogP contribution in [0.25, 0.3) is 0 Å². The number of hydrogen-bond acceptors (Lipinski definition) is 3. The lowest BCUT2D eigenvalue weighted by Crippen LogP contribution is -2.46. The summed E-state index contributed by atoms with van der Waals surface area (Å²) in [5.41, 5.74) is -3.03. The van der Waals surface area contributed by atoms with Crippen LogP contribution in [0.3, 0.4) is 0 Å². The second kappa shape index (κ2) is 5.32. The molecule has 0 saturated carbocycles. The molecule has 9 heteroatoms. The Morgan fingerprint density at radius 3 is 1.89 bits per heavy atom. The molecule has 0 aromatic carbocycles. The lowest BCUT2D eigenvalue weighted by Gasteiger charge is -2.30. The Hall–Kier alpha value is -1.67. The summed E-state index contributed by atoms with van der Waals surface area (Å²) in [7, 11) is 0. The van der Waals surface area contributed by atoms with Crippen LogP contribution < -0.4 is 0 Å². The molecule has 104 valence electrons. The van der Waals surface area contributed by atoms with E-state index in [1.807, 2.05) is 0 Å². The highest BCUT2D eigenvalue weighted by Crippen LogP contribution is 2.36. The number of carboxylic acid groups (broad SMARTS) is 1. The number of ether oxygens (including phenoxy) is 1. The predicted molar refractivity (Wildman–Crippen MR) is 47.7 cm³/mol. The van der Waals surface area contributed by atoms with Gasteiger partial charge in [0, 0.05) is 0 Å². The summed E-state index contributed by atoms with van der Waals surface area (Å²) < 4.78 is 66.4. The minimum absolute atomic E-state index is 0.455. The molecule has 0 aliphatic carbocycles. The van der Waals surface area contributed by atoms with Crippen molar-refractivity contribution in [1.29, 1.82) is 0 Å². The Kier molecular flexibility index (Phi) is 4.82. The van der Waals surface area contributed by atoms with Crippen LogP contribution >= 0.6 is 0 Å². The summed E-state index contributed by atoms with van der Waals surface area (Å²) in [5, 5.41) is 8.01. The van der Waals surface area contributed by atoms with Crippen LogP contribution in [0.1, 0.15) is 20.3 Å². The predicted octanol–water partition coefficient (Wildman–Crippen LogP) is 2.50. The van der Waals surface area contributed by atoms with Gasteiger partial charge < -0.3 is 9.84 Å². The van der Waals surface area contributed by atoms with E-state index in [9.17, 15) is 31.5 Å². The lowest BCUT2D eigenvalue weighted by molar-refractivity contribution is -0.263. The van der Waals surface area contributed by atoms with Crippen molar-refractivity contribution in [3.63, 3.8) is 0 Å². The number of alkyl halides is 3. The number of carbonyl (C=O) groups is 2. The average molecular weight is 276 g/mol. The Morgan fingerprint density at radius 2 is 1.61 bits per heavy atom. The molecule has 0 rings (SSSR count). The highest BCUT2D eigenvalue weighted by Gasteiger charge is 2.53. The van der Waals surface area contributed by atoms with Crippen LogP contribution in [0.5, 0.6) is 0 Å². The summed E-state index contributed by atoms with van der Waals surface area (Å²) in [5.74, 6) is -9.78. The van der Waals surface area contributed by atoms with Crippen molar-refractivity contribution >= 4 is 11.9 Å². The molecule has 0 aromatic rings. The van der Waals surface area contributed by atoms with E-state index in [-0.39, 0.29) is 0 Å². The van der Waals surface area contributed by atoms with Crippen LogP contribution in [0.4, 0.5) is 22.0 Å². The number of esters is 1. The Bertz CT molecular complexity index is 387. The SMILES string of the molecule is CCC(C)(OC(=O)C(F)=C(F)C(=O)O)C(F)(F)F. The van der Waals surface area contributed by atoms with Crippen LogP contribution in [-0.2, 0) is 14.3 Å². The molecule has 18 heavy (non-hydrogen) atoms. The van der Waals surface area contributed by atoms with E-state index in [1.165, 1.54) is 0 Å². The van der Waals surface area contributed by atoms with Gasteiger partial charge in [0.25, 0.3) is 11.7 Å². The Balaban J connectivity index is 5.19. The number of carbonyl (C=O) groups excluding carboxylic acids is 1. The molecule has 0 aliphatic heterocycles. The van der Waals surface area contributed by atoms with Gasteiger partial charge in [-0.1, -0.05) is 6.92 Å². The lowest BCUT2D eigenvalue weighted by atomic mass is 10.0. The first-order valence-corrected chi connectivity index (χ1v) is 4.55. The van der Waals surface area contributed by atoms with Gasteiger partial charge in [0.2, 0.25) is 5.60 Å². The summed E-state index contributed by atoms with van der Waals surface area (Å²) in [6.07, 6.45) is -5.75. The van der Waals surface area contributed by atoms with E-state index < -0.39 is 41.8 Å². The maximum Gasteiger partial charge on any atom is 0.428 e. The zero-order valence-corrected chi connectivity index (χ0v) is 9.27. The van der Waals surface area contributed by atoms with Gasteiger partial charge in [-0.05, 0) is 13.3 Å². The molecule has 4 nitrogen and oxygen atoms in total. The second-order valence-electron chi connectivity index (χ2n) is 3.40. The average Bonchev–Trinajstić information content (AvgIpc) is 2.24. The van der Waals surface area contributed by atoms with Crippen molar-refractivity contribution in [2.45, 2.75) is 32.0 Å². The Morgan fingerprint density at radius 1 is 1.17 bits per heavy atom. The van der Waals surface area contributed by atoms with Crippen molar-refractivity contribution in [2.24, 2.45) is 0 Å². The summed E-state index contributed by atoms with van der Waals surface area (Å²) >= 11 is 0. The monoisotopic (exact) mass is 276 g/mol. The Labute approximate surface area is 98.0 Å². The normalized spacial score (nSPS) is 16.6. The molecule has 0 saturated heterocycles. The first-order valence-electron chi connectivity index (χ1n) is 4.55. The summed E-state index contributed by atoms with van der Waals surface area (Å²) in [6, 6.07) is 0. The van der Waals surface area contributed by atoms with Crippen molar-refractivity contribution in [1.82, 2.24) is 0 Å². The van der Waals surface area contributed by atoms with Gasteiger partial charge >= 0.3 is 18.1 Å². The molecule has 1 N–H and O–H groups in total. The van der Waals surface area contributed by atoms with Crippen LogP contribution in [-0.4, -0.2) is 28.8 Å². The molecule has 0 aromatic heterocycles. The molecule has 0 radical (unpaired) electrons. The van der Waals surface area contributed by atoms with Gasteiger partial charge in [-0.25, -0.2) is 9.59 Å². The van der Waals surface area contributed by atoms with Crippen LogP contribution in [0.2, 0.25) is 0 Å². The highest BCUT2D eigenvalue weighted by atomic mass is 19.4. The van der Waals surface area contributed by atoms with E-state index >= 15 is 0 Å². The highest BCUT2D eigenvalue weighted by molar-refractivity contribution is 5.96. The summed E-state index contributed by atoms with van der Waals surface area (Å²) in [6.45, 7) is 1.47. The molecule has 0 heterocycles. The second-order valence-corrected chi connectivity index (χ2v) is 3.40. The molecule has 1 unspecified atom stereocenters. The fourth-order valence-corrected chi connectivity index (χ4v) is 0.763. The number of halogens is 5. The van der Waals surface area contributed by atoms with Gasteiger partial charge in [-0.2, -0.15) is 22.0 Å². The fraction of sp³-hybridized carbons (Fsp3) is 0.556. The minimum Gasteiger partial charge on any atom is -0.476 e. The quantitative estimate of drug-likeness (QED) is 0.487. The first kappa shape index (κ1) is 16.3. The summed E-state index contributed by atoms with van der Waals surface area (Å²) in [4.78, 5) is 20.8. The third-order valence-electron chi connectivity index (χ3n) is 2.15. The van der Waals surface area contributed by atoms with E-state index in [2.05, 4.69) is 4.74 Å². The molecule has 0 fully saturated rings. The molecule has 0 bridgehead atoms. The molecular formula is C9H9F5O4.